The zero-order valence-corrected chi connectivity index (χ0v) is 9.83. The van der Waals surface area contributed by atoms with Crippen LogP contribution in [0, 0.1) is 0 Å². The topological polar surface area (TPSA) is 63.2 Å². The van der Waals surface area contributed by atoms with Gasteiger partial charge in [0.15, 0.2) is 0 Å². The third-order valence-corrected chi connectivity index (χ3v) is 2.80. The molecular formula is C8H16ClNO3S. The van der Waals surface area contributed by atoms with E-state index in [2.05, 4.69) is 5.32 Å². The molecule has 0 saturated carbocycles. The first kappa shape index (κ1) is 13.7. The quantitative estimate of drug-likeness (QED) is 0.523. The van der Waals surface area contributed by atoms with E-state index in [1.54, 1.807) is 0 Å². The molecule has 84 valence electrons. The fraction of sp³-hybridized carbons (Fsp3) is 0.875. The Bertz CT molecular complexity index is 264. The molecule has 0 radical (unpaired) electrons. The maximum absolute atomic E-state index is 11.1. The molecular weight excluding hydrogens is 226 g/mol. The van der Waals surface area contributed by atoms with Gasteiger partial charge in [-0.25, -0.2) is 8.42 Å². The van der Waals surface area contributed by atoms with Crippen molar-refractivity contribution in [2.24, 2.45) is 0 Å². The van der Waals surface area contributed by atoms with E-state index in [4.69, 9.17) is 11.6 Å². The lowest BCUT2D eigenvalue weighted by atomic mass is 10.2. The van der Waals surface area contributed by atoms with Crippen LogP contribution in [0.15, 0.2) is 0 Å². The molecule has 0 fully saturated rings. The smallest absolute Gasteiger partial charge is 0.220 e. The summed E-state index contributed by atoms with van der Waals surface area (Å²) in [6, 6.07) is 0. The van der Waals surface area contributed by atoms with Crippen LogP contribution >= 0.6 is 11.6 Å². The minimum absolute atomic E-state index is 0.00571. The van der Waals surface area contributed by atoms with Crippen molar-refractivity contribution in [3.05, 3.63) is 0 Å². The van der Waals surface area contributed by atoms with Crippen molar-refractivity contribution in [3.63, 3.8) is 0 Å². The number of sulfone groups is 1. The van der Waals surface area contributed by atoms with Crippen LogP contribution in [-0.2, 0) is 14.6 Å². The minimum atomic E-state index is -2.98. The zero-order chi connectivity index (χ0) is 11.0. The molecule has 0 rings (SSSR count). The van der Waals surface area contributed by atoms with E-state index in [1.807, 2.05) is 0 Å². The zero-order valence-electron chi connectivity index (χ0n) is 8.25. The maximum atomic E-state index is 11.1. The Labute approximate surface area is 89.9 Å². The van der Waals surface area contributed by atoms with Gasteiger partial charge in [-0.05, 0) is 12.8 Å². The van der Waals surface area contributed by atoms with Gasteiger partial charge >= 0.3 is 0 Å². The van der Waals surface area contributed by atoms with E-state index in [9.17, 15) is 13.2 Å². The lowest BCUT2D eigenvalue weighted by Crippen LogP contribution is -2.28. The minimum Gasteiger partial charge on any atom is -0.355 e. The molecule has 0 bridgehead atoms. The number of halogens is 1. The summed E-state index contributed by atoms with van der Waals surface area (Å²) in [6.07, 6.45) is 3.11. The highest BCUT2D eigenvalue weighted by Gasteiger charge is 2.04. The van der Waals surface area contributed by atoms with Gasteiger partial charge in [-0.1, -0.05) is 0 Å². The molecule has 0 spiro atoms. The summed E-state index contributed by atoms with van der Waals surface area (Å²) >= 11 is 5.44. The summed E-state index contributed by atoms with van der Waals surface area (Å²) in [6.45, 7) is 0.193. The van der Waals surface area contributed by atoms with E-state index in [-0.39, 0.29) is 18.2 Å². The average molecular weight is 242 g/mol. The lowest BCUT2D eigenvalue weighted by molar-refractivity contribution is -0.121. The molecule has 0 aliphatic rings. The van der Waals surface area contributed by atoms with E-state index < -0.39 is 9.84 Å². The van der Waals surface area contributed by atoms with Crippen LogP contribution in [0.25, 0.3) is 0 Å². The summed E-state index contributed by atoms with van der Waals surface area (Å²) in [5, 5.41) is 2.54. The number of alkyl halides is 1. The summed E-state index contributed by atoms with van der Waals surface area (Å²) in [5.74, 6) is 0.434. The van der Waals surface area contributed by atoms with Crippen LogP contribution in [0.3, 0.4) is 0 Å². The average Bonchev–Trinajstić information content (AvgIpc) is 2.02. The summed E-state index contributed by atoms with van der Waals surface area (Å²) in [5.41, 5.74) is 0. The first-order valence-corrected chi connectivity index (χ1v) is 7.05. The Balaban J connectivity index is 3.45. The number of hydrogen-bond donors (Lipinski definition) is 1. The number of rotatable bonds is 7. The fourth-order valence-electron chi connectivity index (χ4n) is 0.844. The molecule has 0 heterocycles. The first-order chi connectivity index (χ1) is 6.45. The Morgan fingerprint density at radius 1 is 1.36 bits per heavy atom. The second kappa shape index (κ2) is 7.06. The van der Waals surface area contributed by atoms with Gasteiger partial charge in [-0.3, -0.25) is 4.79 Å². The molecule has 4 nitrogen and oxygen atoms in total. The van der Waals surface area contributed by atoms with Crippen LogP contribution in [0.2, 0.25) is 0 Å². The van der Waals surface area contributed by atoms with E-state index in [0.717, 1.165) is 19.1 Å². The lowest BCUT2D eigenvalue weighted by Gasteiger charge is -2.03. The van der Waals surface area contributed by atoms with Crippen LogP contribution in [0.1, 0.15) is 19.3 Å². The number of amides is 1. The summed E-state index contributed by atoms with van der Waals surface area (Å²) in [4.78, 5) is 11.1. The van der Waals surface area contributed by atoms with Crippen molar-refractivity contribution in [2.45, 2.75) is 19.3 Å². The number of unbranched alkanes of at least 4 members (excludes halogenated alkanes) is 1. The molecule has 6 heteroatoms. The van der Waals surface area contributed by atoms with Gasteiger partial charge in [-0.15, -0.1) is 11.6 Å². The molecule has 0 saturated heterocycles. The highest BCUT2D eigenvalue weighted by Crippen LogP contribution is 1.96. The van der Waals surface area contributed by atoms with E-state index in [1.165, 1.54) is 0 Å². The molecule has 0 aromatic carbocycles. The molecule has 0 unspecified atom stereocenters. The monoisotopic (exact) mass is 241 g/mol. The maximum Gasteiger partial charge on any atom is 0.220 e. The van der Waals surface area contributed by atoms with Crippen molar-refractivity contribution in [1.29, 1.82) is 0 Å². The van der Waals surface area contributed by atoms with Crippen molar-refractivity contribution < 1.29 is 13.2 Å². The molecule has 0 aromatic heterocycles. The van der Waals surface area contributed by atoms with Crippen LogP contribution in [0.4, 0.5) is 0 Å². The molecule has 14 heavy (non-hydrogen) atoms. The van der Waals surface area contributed by atoms with Gasteiger partial charge < -0.3 is 5.32 Å². The summed E-state index contributed by atoms with van der Waals surface area (Å²) in [7, 11) is -2.98. The molecule has 0 aromatic rings. The fourth-order valence-corrected chi connectivity index (χ4v) is 1.51. The van der Waals surface area contributed by atoms with Gasteiger partial charge in [0.2, 0.25) is 5.91 Å². The van der Waals surface area contributed by atoms with Gasteiger partial charge in [0, 0.05) is 25.1 Å². The van der Waals surface area contributed by atoms with Crippen molar-refractivity contribution in [3.8, 4) is 0 Å². The number of carbonyl (C=O) groups is 1. The van der Waals surface area contributed by atoms with Crippen molar-refractivity contribution >= 4 is 27.3 Å². The Morgan fingerprint density at radius 2 is 2.00 bits per heavy atom. The van der Waals surface area contributed by atoms with Crippen molar-refractivity contribution in [2.75, 3.05) is 24.4 Å². The van der Waals surface area contributed by atoms with Gasteiger partial charge in [0.25, 0.3) is 0 Å². The predicted molar refractivity (Wildman–Crippen MR) is 57.3 cm³/mol. The largest absolute Gasteiger partial charge is 0.355 e. The number of hydrogen-bond acceptors (Lipinski definition) is 3. The molecule has 1 amide bonds. The third-order valence-electron chi connectivity index (χ3n) is 1.58. The second-order valence-electron chi connectivity index (χ2n) is 3.13. The Kier molecular flexibility index (Phi) is 6.92. The standard InChI is InChI=1S/C8H16ClNO3S/c1-14(12,13)7-6-10-8(11)4-2-3-5-9/h2-7H2,1H3,(H,10,11). The second-order valence-corrected chi connectivity index (χ2v) is 5.76. The van der Waals surface area contributed by atoms with Gasteiger partial charge in [0.05, 0.1) is 5.75 Å². The first-order valence-electron chi connectivity index (χ1n) is 4.46. The number of carbonyl (C=O) groups excluding carboxylic acids is 1. The van der Waals surface area contributed by atoms with Gasteiger partial charge in [0.1, 0.15) is 9.84 Å². The highest BCUT2D eigenvalue weighted by atomic mass is 35.5. The number of nitrogens with one attached hydrogen (secondary N) is 1. The normalized spacial score (nSPS) is 11.3. The van der Waals surface area contributed by atoms with Gasteiger partial charge in [-0.2, -0.15) is 0 Å². The summed E-state index contributed by atoms with van der Waals surface area (Å²) < 4.78 is 21.4. The van der Waals surface area contributed by atoms with Crippen molar-refractivity contribution in [1.82, 2.24) is 5.32 Å². The third kappa shape index (κ3) is 9.80. The van der Waals surface area contributed by atoms with E-state index in [0.29, 0.717) is 12.3 Å². The molecule has 0 aliphatic heterocycles. The predicted octanol–water partition coefficient (Wildman–Crippen LogP) is 0.556. The Hall–Kier alpha value is -0.290. The molecule has 1 N–H and O–H groups in total. The van der Waals surface area contributed by atoms with Crippen LogP contribution in [0.5, 0.6) is 0 Å². The Morgan fingerprint density at radius 3 is 2.50 bits per heavy atom. The van der Waals surface area contributed by atoms with Crippen LogP contribution < -0.4 is 5.32 Å². The SMILES string of the molecule is CS(=O)(=O)CCNC(=O)CCCCCl. The molecule has 0 aliphatic carbocycles. The van der Waals surface area contributed by atoms with Crippen LogP contribution in [-0.4, -0.2) is 38.8 Å². The highest BCUT2D eigenvalue weighted by molar-refractivity contribution is 7.90. The van der Waals surface area contributed by atoms with E-state index >= 15 is 0 Å². The molecule has 0 atom stereocenters.